The topological polar surface area (TPSA) is 66.5 Å². The normalized spacial score (nSPS) is 12.5. The number of hydrogen-bond donors (Lipinski definition) is 1. The third-order valence-electron chi connectivity index (χ3n) is 5.19. The van der Waals surface area contributed by atoms with E-state index in [4.69, 9.17) is 15.2 Å². The summed E-state index contributed by atoms with van der Waals surface area (Å²) in [7, 11) is 0. The Balaban J connectivity index is 1.83. The number of nitrogens with zero attached hydrogens (tertiary/aromatic N) is 1. The van der Waals surface area contributed by atoms with E-state index in [0.717, 1.165) is 52.5 Å². The van der Waals surface area contributed by atoms with Crippen molar-refractivity contribution < 1.29 is 14.3 Å². The number of unbranched alkanes of at least 4 members (excludes halogenated alkanes) is 1. The largest absolute Gasteiger partial charge is 0.454 e. The Morgan fingerprint density at radius 2 is 2.07 bits per heavy atom. The summed E-state index contributed by atoms with van der Waals surface area (Å²) in [4.78, 5) is 13.5. The number of primary amides is 1. The molecule has 1 aromatic carbocycles. The first-order valence-corrected chi connectivity index (χ1v) is 10.4. The van der Waals surface area contributed by atoms with Gasteiger partial charge in [-0.15, -0.1) is 11.3 Å². The van der Waals surface area contributed by atoms with Crippen molar-refractivity contribution in [1.82, 2.24) is 4.57 Å². The van der Waals surface area contributed by atoms with E-state index >= 15 is 0 Å². The summed E-state index contributed by atoms with van der Waals surface area (Å²) >= 11 is 1.64. The van der Waals surface area contributed by atoms with Crippen molar-refractivity contribution in [3.05, 3.63) is 58.2 Å². The lowest BCUT2D eigenvalue weighted by molar-refractivity contribution is 0.1000. The molecule has 0 saturated heterocycles. The van der Waals surface area contributed by atoms with Gasteiger partial charge in [0.1, 0.15) is 0 Å². The maximum absolute atomic E-state index is 12.4. The van der Waals surface area contributed by atoms with E-state index in [0.29, 0.717) is 12.1 Å². The molecule has 2 N–H and O–H groups in total. The second-order valence-electron chi connectivity index (χ2n) is 7.00. The molecule has 0 atom stereocenters. The molecule has 0 aliphatic carbocycles. The molecule has 6 heteroatoms. The Kier molecular flexibility index (Phi) is 5.13. The van der Waals surface area contributed by atoms with Gasteiger partial charge in [-0.05, 0) is 48.9 Å². The SMILES string of the molecule is CCCCc1c(-c2cccs2)c(C(N)=O)c(C)n1Cc1ccc2c(c1)OCO2. The van der Waals surface area contributed by atoms with Crippen molar-refractivity contribution in [3.63, 3.8) is 0 Å². The van der Waals surface area contributed by atoms with E-state index in [1.807, 2.05) is 36.6 Å². The van der Waals surface area contributed by atoms with Gasteiger partial charge in [-0.3, -0.25) is 4.79 Å². The molecule has 146 valence electrons. The summed E-state index contributed by atoms with van der Waals surface area (Å²) in [5.74, 6) is 1.17. The lowest BCUT2D eigenvalue weighted by Crippen LogP contribution is -2.13. The number of nitrogens with two attached hydrogens (primary N) is 1. The number of ether oxygens (including phenoxy) is 2. The second-order valence-corrected chi connectivity index (χ2v) is 7.95. The first-order valence-electron chi connectivity index (χ1n) is 9.54. The predicted molar refractivity (Wildman–Crippen MR) is 111 cm³/mol. The minimum Gasteiger partial charge on any atom is -0.454 e. The number of benzene rings is 1. The van der Waals surface area contributed by atoms with Crippen LogP contribution in [-0.2, 0) is 13.0 Å². The van der Waals surface area contributed by atoms with Crippen LogP contribution in [0.1, 0.15) is 47.1 Å². The van der Waals surface area contributed by atoms with E-state index in [2.05, 4.69) is 17.6 Å². The average Bonchev–Trinajstić information content (AvgIpc) is 3.40. The molecule has 1 aliphatic rings. The Bertz CT molecular complexity index is 1010. The lowest BCUT2D eigenvalue weighted by Gasteiger charge is -2.13. The number of amides is 1. The average molecular weight is 397 g/mol. The fraction of sp³-hybridized carbons (Fsp3) is 0.318. The highest BCUT2D eigenvalue weighted by molar-refractivity contribution is 7.13. The molecule has 0 unspecified atom stereocenters. The number of aromatic nitrogens is 1. The molecule has 28 heavy (non-hydrogen) atoms. The van der Waals surface area contributed by atoms with Crippen LogP contribution in [0.2, 0.25) is 0 Å². The van der Waals surface area contributed by atoms with Crippen molar-refractivity contribution in [2.24, 2.45) is 5.73 Å². The van der Waals surface area contributed by atoms with Crippen LogP contribution >= 0.6 is 11.3 Å². The van der Waals surface area contributed by atoms with Crippen LogP contribution in [0.3, 0.4) is 0 Å². The first kappa shape index (κ1) is 18.6. The minimum atomic E-state index is -0.372. The Labute approximate surface area is 168 Å². The zero-order valence-corrected chi connectivity index (χ0v) is 17.0. The highest BCUT2D eigenvalue weighted by atomic mass is 32.1. The fourth-order valence-electron chi connectivity index (χ4n) is 3.83. The summed E-state index contributed by atoms with van der Waals surface area (Å²) < 4.78 is 13.2. The monoisotopic (exact) mass is 396 g/mol. The quantitative estimate of drug-likeness (QED) is 0.627. The van der Waals surface area contributed by atoms with Gasteiger partial charge in [0.15, 0.2) is 11.5 Å². The molecule has 0 saturated carbocycles. The highest BCUT2D eigenvalue weighted by Gasteiger charge is 2.25. The molecule has 5 nitrogen and oxygen atoms in total. The molecular weight excluding hydrogens is 372 g/mol. The van der Waals surface area contributed by atoms with Gasteiger partial charge in [0.25, 0.3) is 5.91 Å². The molecule has 2 aromatic heterocycles. The Hall–Kier alpha value is -2.73. The highest BCUT2D eigenvalue weighted by Crippen LogP contribution is 2.38. The third kappa shape index (κ3) is 3.29. The number of fused-ring (bicyclic) bond motifs is 1. The molecule has 0 spiro atoms. The maximum Gasteiger partial charge on any atom is 0.251 e. The van der Waals surface area contributed by atoms with Crippen molar-refractivity contribution in [2.75, 3.05) is 6.79 Å². The van der Waals surface area contributed by atoms with Crippen molar-refractivity contribution in [2.45, 2.75) is 39.7 Å². The van der Waals surface area contributed by atoms with Gasteiger partial charge >= 0.3 is 0 Å². The summed E-state index contributed by atoms with van der Waals surface area (Å²) in [5, 5.41) is 2.04. The molecule has 3 heterocycles. The van der Waals surface area contributed by atoms with Crippen LogP contribution in [0, 0.1) is 6.92 Å². The summed E-state index contributed by atoms with van der Waals surface area (Å²) in [6, 6.07) is 10.1. The summed E-state index contributed by atoms with van der Waals surface area (Å²) in [5.41, 5.74) is 10.6. The molecule has 3 aromatic rings. The van der Waals surface area contributed by atoms with Crippen LogP contribution < -0.4 is 15.2 Å². The number of thiophene rings is 1. The number of carbonyl (C=O) groups excluding carboxylic acids is 1. The molecule has 0 bridgehead atoms. The summed E-state index contributed by atoms with van der Waals surface area (Å²) in [6.45, 7) is 5.09. The van der Waals surface area contributed by atoms with E-state index < -0.39 is 0 Å². The van der Waals surface area contributed by atoms with Crippen LogP contribution in [-0.4, -0.2) is 17.3 Å². The number of rotatable bonds is 7. The summed E-state index contributed by atoms with van der Waals surface area (Å²) in [6.07, 6.45) is 3.05. The standard InChI is InChI=1S/C22H24N2O3S/c1-3-4-6-16-21(19-7-5-10-28-19)20(22(23)25)14(2)24(16)12-15-8-9-17-18(11-15)27-13-26-17/h5,7-11H,3-4,6,12-13H2,1-2H3,(H2,23,25). The molecular formula is C22H24N2O3S. The molecule has 1 aliphatic heterocycles. The fourth-order valence-corrected chi connectivity index (χ4v) is 4.62. The molecule has 4 rings (SSSR count). The Morgan fingerprint density at radius 3 is 2.79 bits per heavy atom. The third-order valence-corrected chi connectivity index (χ3v) is 6.08. The van der Waals surface area contributed by atoms with Crippen LogP contribution in [0.5, 0.6) is 11.5 Å². The second kappa shape index (κ2) is 7.72. The van der Waals surface area contributed by atoms with Gasteiger partial charge in [-0.1, -0.05) is 25.5 Å². The van der Waals surface area contributed by atoms with Gasteiger partial charge in [0, 0.05) is 28.4 Å². The van der Waals surface area contributed by atoms with E-state index in [1.165, 1.54) is 5.69 Å². The van der Waals surface area contributed by atoms with E-state index in [1.54, 1.807) is 11.3 Å². The zero-order chi connectivity index (χ0) is 19.7. The van der Waals surface area contributed by atoms with Gasteiger partial charge in [0.2, 0.25) is 6.79 Å². The van der Waals surface area contributed by atoms with Crippen LogP contribution in [0.25, 0.3) is 10.4 Å². The predicted octanol–water partition coefficient (Wildman–Crippen LogP) is 4.74. The minimum absolute atomic E-state index is 0.261. The van der Waals surface area contributed by atoms with Crippen LogP contribution in [0.15, 0.2) is 35.7 Å². The van der Waals surface area contributed by atoms with Gasteiger partial charge in [0.05, 0.1) is 5.56 Å². The van der Waals surface area contributed by atoms with Crippen molar-refractivity contribution in [1.29, 1.82) is 0 Å². The van der Waals surface area contributed by atoms with E-state index in [-0.39, 0.29) is 12.7 Å². The van der Waals surface area contributed by atoms with Crippen LogP contribution in [0.4, 0.5) is 0 Å². The smallest absolute Gasteiger partial charge is 0.251 e. The van der Waals surface area contributed by atoms with Gasteiger partial charge < -0.3 is 19.8 Å². The first-order chi connectivity index (χ1) is 13.6. The molecule has 0 radical (unpaired) electrons. The van der Waals surface area contributed by atoms with Gasteiger partial charge in [-0.25, -0.2) is 0 Å². The molecule has 1 amide bonds. The number of carbonyl (C=O) groups is 1. The zero-order valence-electron chi connectivity index (χ0n) is 16.2. The lowest BCUT2D eigenvalue weighted by atomic mass is 10.0. The maximum atomic E-state index is 12.4. The number of hydrogen-bond acceptors (Lipinski definition) is 4. The molecule has 0 fully saturated rings. The van der Waals surface area contributed by atoms with Crippen molar-refractivity contribution >= 4 is 17.2 Å². The Morgan fingerprint density at radius 1 is 1.25 bits per heavy atom. The van der Waals surface area contributed by atoms with Gasteiger partial charge in [-0.2, -0.15) is 0 Å². The van der Waals surface area contributed by atoms with Crippen molar-refractivity contribution in [3.8, 4) is 21.9 Å². The van der Waals surface area contributed by atoms with E-state index in [9.17, 15) is 4.79 Å².